The Bertz CT molecular complexity index is 728. The summed E-state index contributed by atoms with van der Waals surface area (Å²) in [6.45, 7) is 0.697. The van der Waals surface area contributed by atoms with E-state index in [1.807, 2.05) is 0 Å². The van der Waals surface area contributed by atoms with Crippen LogP contribution in [0.1, 0.15) is 12.0 Å². The highest BCUT2D eigenvalue weighted by molar-refractivity contribution is 7.92. The van der Waals surface area contributed by atoms with Gasteiger partial charge in [-0.25, -0.2) is 22.0 Å². The number of sulfonamides is 2. The second kappa shape index (κ2) is 5.91. The molecule has 2 rings (SSSR count). The van der Waals surface area contributed by atoms with Gasteiger partial charge in [-0.15, -0.1) is 0 Å². The number of nitrogens with two attached hydrogens (primary N) is 1. The van der Waals surface area contributed by atoms with Crippen LogP contribution in [0.4, 0.5) is 5.69 Å². The van der Waals surface area contributed by atoms with Crippen LogP contribution in [0.15, 0.2) is 23.1 Å². The van der Waals surface area contributed by atoms with E-state index in [1.54, 1.807) is 0 Å². The molecule has 1 heterocycles. The summed E-state index contributed by atoms with van der Waals surface area (Å²) in [5.41, 5.74) is 1.21. The van der Waals surface area contributed by atoms with E-state index in [1.165, 1.54) is 29.6 Å². The van der Waals surface area contributed by atoms with Gasteiger partial charge in [0.2, 0.25) is 20.0 Å². The number of hydrogen-bond donors (Lipinski definition) is 1. The summed E-state index contributed by atoms with van der Waals surface area (Å²) >= 11 is 0. The average Bonchev–Trinajstić information content (AvgIpc) is 2.81. The fourth-order valence-corrected chi connectivity index (χ4v) is 4.42. The maximum atomic E-state index is 12.3. The number of primary sulfonamides is 1. The number of hydrogen-bond acceptors (Lipinski definition) is 5. The zero-order valence-corrected chi connectivity index (χ0v) is 13.3. The number of methoxy groups -OCH3 is 1. The molecule has 0 spiro atoms. The van der Waals surface area contributed by atoms with Crippen molar-refractivity contribution < 1.29 is 21.6 Å². The summed E-state index contributed by atoms with van der Waals surface area (Å²) in [6.07, 6.45) is 0.891. The van der Waals surface area contributed by atoms with E-state index in [0.29, 0.717) is 37.2 Å². The third kappa shape index (κ3) is 3.54. The highest BCUT2D eigenvalue weighted by Gasteiger charge is 2.29. The molecule has 1 aromatic rings. The lowest BCUT2D eigenvalue weighted by Gasteiger charge is -2.19. The van der Waals surface area contributed by atoms with Crippen LogP contribution in [0.2, 0.25) is 0 Å². The van der Waals surface area contributed by atoms with Crippen molar-refractivity contribution >= 4 is 25.7 Å². The lowest BCUT2D eigenvalue weighted by Crippen LogP contribution is -2.31. The zero-order valence-electron chi connectivity index (χ0n) is 11.6. The average molecular weight is 334 g/mol. The normalized spacial score (nSPS) is 15.2. The van der Waals surface area contributed by atoms with E-state index < -0.39 is 20.0 Å². The molecule has 0 radical (unpaired) electrons. The Morgan fingerprint density at radius 3 is 2.62 bits per heavy atom. The van der Waals surface area contributed by atoms with Crippen LogP contribution in [-0.4, -0.2) is 42.8 Å². The standard InChI is InChI=1S/C12H18N2O5S2/c1-19-7-2-8-20(15,16)14-6-5-10-9-11(21(13,17)18)3-4-12(10)14/h3-4,9H,2,5-8H2,1H3,(H2,13,17,18). The van der Waals surface area contributed by atoms with Gasteiger partial charge in [-0.3, -0.25) is 4.31 Å². The fourth-order valence-electron chi connectivity index (χ4n) is 2.31. The second-order valence-electron chi connectivity index (χ2n) is 4.82. The number of ether oxygens (including phenoxy) is 1. The number of fused-ring (bicyclic) bond motifs is 1. The van der Waals surface area contributed by atoms with Crippen LogP contribution in [0, 0.1) is 0 Å². The van der Waals surface area contributed by atoms with Crippen molar-refractivity contribution in [2.75, 3.05) is 30.3 Å². The minimum absolute atomic E-state index is 0.000110. The first-order valence-electron chi connectivity index (χ1n) is 6.41. The lowest BCUT2D eigenvalue weighted by atomic mass is 10.2. The third-order valence-electron chi connectivity index (χ3n) is 3.32. The molecular formula is C12H18N2O5S2. The van der Waals surface area contributed by atoms with Crippen LogP contribution in [0.3, 0.4) is 0 Å². The minimum atomic E-state index is -3.78. The first-order valence-corrected chi connectivity index (χ1v) is 9.56. The van der Waals surface area contributed by atoms with Gasteiger partial charge in [0, 0.05) is 20.3 Å². The zero-order chi connectivity index (χ0) is 15.7. The summed E-state index contributed by atoms with van der Waals surface area (Å²) in [4.78, 5) is -0.000110. The summed E-state index contributed by atoms with van der Waals surface area (Å²) in [5, 5.41) is 5.08. The van der Waals surface area contributed by atoms with Crippen LogP contribution in [0.25, 0.3) is 0 Å². The molecule has 7 nitrogen and oxygen atoms in total. The summed E-state index contributed by atoms with van der Waals surface area (Å²) in [7, 11) is -5.68. The van der Waals surface area contributed by atoms with Gasteiger partial charge in [-0.05, 0) is 36.6 Å². The molecule has 0 amide bonds. The Kier molecular flexibility index (Phi) is 4.57. The van der Waals surface area contributed by atoms with Gasteiger partial charge in [0.1, 0.15) is 0 Å². The first-order chi connectivity index (χ1) is 9.75. The number of benzene rings is 1. The van der Waals surface area contributed by atoms with Gasteiger partial charge in [-0.1, -0.05) is 0 Å². The molecule has 1 aliphatic heterocycles. The van der Waals surface area contributed by atoms with E-state index >= 15 is 0 Å². The Hall–Kier alpha value is -1.16. The van der Waals surface area contributed by atoms with Crippen molar-refractivity contribution in [1.29, 1.82) is 0 Å². The Morgan fingerprint density at radius 2 is 2.00 bits per heavy atom. The van der Waals surface area contributed by atoms with Crippen molar-refractivity contribution in [2.24, 2.45) is 5.14 Å². The molecule has 1 aromatic carbocycles. The fraction of sp³-hybridized carbons (Fsp3) is 0.500. The summed E-state index contributed by atoms with van der Waals surface area (Å²) in [6, 6.07) is 4.27. The molecule has 0 saturated carbocycles. The lowest BCUT2D eigenvalue weighted by molar-refractivity contribution is 0.199. The van der Waals surface area contributed by atoms with Gasteiger partial charge in [0.15, 0.2) is 0 Å². The van der Waals surface area contributed by atoms with Crippen LogP contribution < -0.4 is 9.44 Å². The van der Waals surface area contributed by atoms with Crippen molar-refractivity contribution in [2.45, 2.75) is 17.7 Å². The molecule has 9 heteroatoms. The van der Waals surface area contributed by atoms with Gasteiger partial charge >= 0.3 is 0 Å². The number of anilines is 1. The SMILES string of the molecule is COCCCS(=O)(=O)N1CCc2cc(S(N)(=O)=O)ccc21. The van der Waals surface area contributed by atoms with Crippen molar-refractivity contribution in [3.8, 4) is 0 Å². The molecule has 0 bridgehead atoms. The van der Waals surface area contributed by atoms with Gasteiger partial charge in [-0.2, -0.15) is 0 Å². The van der Waals surface area contributed by atoms with Crippen LogP contribution in [-0.2, 0) is 31.2 Å². The predicted molar refractivity (Wildman–Crippen MR) is 79.1 cm³/mol. The van der Waals surface area contributed by atoms with Crippen molar-refractivity contribution in [3.05, 3.63) is 23.8 Å². The van der Waals surface area contributed by atoms with E-state index in [4.69, 9.17) is 9.88 Å². The Balaban J connectivity index is 2.27. The number of rotatable bonds is 6. The first kappa shape index (κ1) is 16.2. The smallest absolute Gasteiger partial charge is 0.238 e. The van der Waals surface area contributed by atoms with Gasteiger partial charge in [0.25, 0.3) is 0 Å². The van der Waals surface area contributed by atoms with E-state index in [2.05, 4.69) is 0 Å². The van der Waals surface area contributed by atoms with Gasteiger partial charge < -0.3 is 4.74 Å². The molecule has 0 aliphatic carbocycles. The molecule has 0 aromatic heterocycles. The largest absolute Gasteiger partial charge is 0.385 e. The molecule has 1 aliphatic rings. The number of nitrogens with zero attached hydrogens (tertiary/aromatic N) is 1. The van der Waals surface area contributed by atoms with Gasteiger partial charge in [0.05, 0.1) is 16.3 Å². The topological polar surface area (TPSA) is 107 Å². The molecule has 0 saturated heterocycles. The molecular weight excluding hydrogens is 316 g/mol. The second-order valence-corrected chi connectivity index (χ2v) is 8.39. The van der Waals surface area contributed by atoms with Crippen LogP contribution >= 0.6 is 0 Å². The molecule has 21 heavy (non-hydrogen) atoms. The van der Waals surface area contributed by atoms with E-state index in [9.17, 15) is 16.8 Å². The Labute approximate surface area is 124 Å². The summed E-state index contributed by atoms with van der Waals surface area (Å²) in [5.74, 6) is -0.00276. The Morgan fingerprint density at radius 1 is 1.29 bits per heavy atom. The quantitative estimate of drug-likeness (QED) is 0.741. The maximum absolute atomic E-state index is 12.3. The molecule has 0 fully saturated rings. The monoisotopic (exact) mass is 334 g/mol. The maximum Gasteiger partial charge on any atom is 0.238 e. The summed E-state index contributed by atoms with van der Waals surface area (Å²) < 4.78 is 53.4. The highest BCUT2D eigenvalue weighted by Crippen LogP contribution is 2.32. The van der Waals surface area contributed by atoms with Crippen molar-refractivity contribution in [1.82, 2.24) is 0 Å². The van der Waals surface area contributed by atoms with Crippen molar-refractivity contribution in [3.63, 3.8) is 0 Å². The minimum Gasteiger partial charge on any atom is -0.385 e. The third-order valence-corrected chi connectivity index (χ3v) is 6.09. The molecule has 118 valence electrons. The molecule has 0 atom stereocenters. The van der Waals surface area contributed by atoms with E-state index in [-0.39, 0.29) is 10.6 Å². The molecule has 0 unspecified atom stereocenters. The highest BCUT2D eigenvalue weighted by atomic mass is 32.2. The van der Waals surface area contributed by atoms with Crippen LogP contribution in [0.5, 0.6) is 0 Å². The molecule has 2 N–H and O–H groups in total. The predicted octanol–water partition coefficient (Wildman–Crippen LogP) is 0.0628. The van der Waals surface area contributed by atoms with E-state index in [0.717, 1.165) is 0 Å².